The summed E-state index contributed by atoms with van der Waals surface area (Å²) < 4.78 is 0. The Kier molecular flexibility index (Phi) is 4.51. The molecule has 0 aliphatic carbocycles. The smallest absolute Gasteiger partial charge is 0.228 e. The zero-order valence-electron chi connectivity index (χ0n) is 11.0. The summed E-state index contributed by atoms with van der Waals surface area (Å²) in [7, 11) is 0. The Morgan fingerprint density at radius 3 is 2.63 bits per heavy atom. The minimum atomic E-state index is -0.00205. The highest BCUT2D eigenvalue weighted by Crippen LogP contribution is 2.10. The van der Waals surface area contributed by atoms with E-state index in [9.17, 15) is 4.79 Å². The average molecular weight is 251 g/mol. The van der Waals surface area contributed by atoms with Gasteiger partial charge in [-0.1, -0.05) is 54.6 Å². The van der Waals surface area contributed by atoms with E-state index in [1.165, 1.54) is 0 Å². The SMILES string of the molecule is Cc1cccc(NC(=O)C/C=C/c2ccccc2)c1. The molecule has 2 rings (SSSR count). The number of carbonyl (C=O) groups is 1. The number of hydrogen-bond donors (Lipinski definition) is 1. The lowest BCUT2D eigenvalue weighted by atomic mass is 10.2. The molecule has 0 saturated heterocycles. The molecule has 0 atom stereocenters. The van der Waals surface area contributed by atoms with E-state index in [4.69, 9.17) is 0 Å². The third-order valence-corrected chi connectivity index (χ3v) is 2.71. The van der Waals surface area contributed by atoms with Gasteiger partial charge in [0.25, 0.3) is 0 Å². The molecule has 0 unspecified atom stereocenters. The number of amides is 1. The van der Waals surface area contributed by atoms with Gasteiger partial charge in [0.2, 0.25) is 5.91 Å². The van der Waals surface area contributed by atoms with Gasteiger partial charge in [0.1, 0.15) is 0 Å². The highest BCUT2D eigenvalue weighted by atomic mass is 16.1. The van der Waals surface area contributed by atoms with Crippen LogP contribution in [-0.4, -0.2) is 5.91 Å². The van der Waals surface area contributed by atoms with Crippen LogP contribution in [0.4, 0.5) is 5.69 Å². The largest absolute Gasteiger partial charge is 0.326 e. The molecule has 2 heteroatoms. The van der Waals surface area contributed by atoms with Crippen LogP contribution < -0.4 is 5.32 Å². The molecule has 2 nitrogen and oxygen atoms in total. The first kappa shape index (κ1) is 13.1. The first-order valence-corrected chi connectivity index (χ1v) is 6.32. The van der Waals surface area contributed by atoms with Crippen molar-refractivity contribution in [3.8, 4) is 0 Å². The molecule has 0 aliphatic heterocycles. The molecule has 0 radical (unpaired) electrons. The summed E-state index contributed by atoms with van der Waals surface area (Å²) in [6.07, 6.45) is 4.21. The predicted octanol–water partition coefficient (Wildman–Crippen LogP) is 4.04. The van der Waals surface area contributed by atoms with Gasteiger partial charge in [-0.15, -0.1) is 0 Å². The Morgan fingerprint density at radius 2 is 1.89 bits per heavy atom. The second kappa shape index (κ2) is 6.55. The van der Waals surface area contributed by atoms with Crippen LogP contribution in [0.1, 0.15) is 17.5 Å². The molecule has 19 heavy (non-hydrogen) atoms. The van der Waals surface area contributed by atoms with Gasteiger partial charge in [0, 0.05) is 12.1 Å². The molecule has 2 aromatic carbocycles. The Hall–Kier alpha value is -2.35. The lowest BCUT2D eigenvalue weighted by Gasteiger charge is -2.03. The van der Waals surface area contributed by atoms with Crippen molar-refractivity contribution in [3.63, 3.8) is 0 Å². The quantitative estimate of drug-likeness (QED) is 0.873. The van der Waals surface area contributed by atoms with Gasteiger partial charge in [-0.2, -0.15) is 0 Å². The van der Waals surface area contributed by atoms with Gasteiger partial charge in [-0.3, -0.25) is 4.79 Å². The summed E-state index contributed by atoms with van der Waals surface area (Å²) >= 11 is 0. The van der Waals surface area contributed by atoms with Gasteiger partial charge in [0.15, 0.2) is 0 Å². The molecule has 1 amide bonds. The molecule has 0 bridgehead atoms. The van der Waals surface area contributed by atoms with Crippen LogP contribution >= 0.6 is 0 Å². The minimum Gasteiger partial charge on any atom is -0.326 e. The van der Waals surface area contributed by atoms with Crippen molar-refractivity contribution in [1.29, 1.82) is 0 Å². The van der Waals surface area contributed by atoms with Crippen LogP contribution in [-0.2, 0) is 4.79 Å². The molecule has 96 valence electrons. The number of rotatable bonds is 4. The number of aryl methyl sites for hydroxylation is 1. The van der Waals surface area contributed by atoms with Crippen molar-refractivity contribution < 1.29 is 4.79 Å². The van der Waals surface area contributed by atoms with Crippen molar-refractivity contribution in [2.24, 2.45) is 0 Å². The van der Waals surface area contributed by atoms with E-state index in [0.29, 0.717) is 6.42 Å². The summed E-state index contributed by atoms with van der Waals surface area (Å²) in [4.78, 5) is 11.8. The Labute approximate surface area is 113 Å². The van der Waals surface area contributed by atoms with Gasteiger partial charge < -0.3 is 5.32 Å². The number of anilines is 1. The fraction of sp³-hybridized carbons (Fsp3) is 0.118. The summed E-state index contributed by atoms with van der Waals surface area (Å²) in [5.74, 6) is -0.00205. The van der Waals surface area contributed by atoms with E-state index >= 15 is 0 Å². The predicted molar refractivity (Wildman–Crippen MR) is 79.9 cm³/mol. The molecular formula is C17H17NO. The van der Waals surface area contributed by atoms with Crippen molar-refractivity contribution in [2.75, 3.05) is 5.32 Å². The fourth-order valence-corrected chi connectivity index (χ4v) is 1.80. The molecule has 0 aliphatic rings. The van der Waals surface area contributed by atoms with E-state index in [1.807, 2.05) is 73.7 Å². The van der Waals surface area contributed by atoms with E-state index < -0.39 is 0 Å². The third kappa shape index (κ3) is 4.43. The zero-order chi connectivity index (χ0) is 13.5. The van der Waals surface area contributed by atoms with Gasteiger partial charge in [0.05, 0.1) is 0 Å². The van der Waals surface area contributed by atoms with Crippen molar-refractivity contribution in [3.05, 3.63) is 71.8 Å². The first-order valence-electron chi connectivity index (χ1n) is 6.32. The number of carbonyl (C=O) groups excluding carboxylic acids is 1. The number of hydrogen-bond acceptors (Lipinski definition) is 1. The van der Waals surface area contributed by atoms with Gasteiger partial charge >= 0.3 is 0 Å². The highest BCUT2D eigenvalue weighted by Gasteiger charge is 1.99. The zero-order valence-corrected chi connectivity index (χ0v) is 11.0. The molecule has 2 aromatic rings. The molecule has 0 heterocycles. The van der Waals surface area contributed by atoms with Gasteiger partial charge in [-0.25, -0.2) is 0 Å². The summed E-state index contributed by atoms with van der Waals surface area (Å²) in [5, 5.41) is 2.88. The van der Waals surface area contributed by atoms with E-state index in [2.05, 4.69) is 5.32 Å². The first-order chi connectivity index (χ1) is 9.24. The van der Waals surface area contributed by atoms with Crippen LogP contribution in [0, 0.1) is 6.92 Å². The summed E-state index contributed by atoms with van der Waals surface area (Å²) in [6, 6.07) is 17.7. The number of nitrogens with one attached hydrogen (secondary N) is 1. The maximum absolute atomic E-state index is 11.8. The van der Waals surface area contributed by atoms with Gasteiger partial charge in [-0.05, 0) is 30.2 Å². The Bertz CT molecular complexity index is 573. The standard InChI is InChI=1S/C17H17NO/c1-14-7-5-11-16(13-14)18-17(19)12-6-10-15-8-3-2-4-9-15/h2-11,13H,12H2,1H3,(H,18,19)/b10-6+. The monoisotopic (exact) mass is 251 g/mol. The van der Waals surface area contributed by atoms with E-state index in [0.717, 1.165) is 16.8 Å². The second-order valence-electron chi connectivity index (χ2n) is 4.43. The molecule has 0 spiro atoms. The topological polar surface area (TPSA) is 29.1 Å². The highest BCUT2D eigenvalue weighted by molar-refractivity contribution is 5.92. The molecule has 0 fully saturated rings. The van der Waals surface area contributed by atoms with Crippen molar-refractivity contribution in [1.82, 2.24) is 0 Å². The fourth-order valence-electron chi connectivity index (χ4n) is 1.80. The second-order valence-corrected chi connectivity index (χ2v) is 4.43. The third-order valence-electron chi connectivity index (χ3n) is 2.71. The maximum Gasteiger partial charge on any atom is 0.228 e. The molecular weight excluding hydrogens is 234 g/mol. The lowest BCUT2D eigenvalue weighted by Crippen LogP contribution is -2.09. The van der Waals surface area contributed by atoms with Crippen LogP contribution in [0.5, 0.6) is 0 Å². The van der Waals surface area contributed by atoms with Crippen LogP contribution in [0.3, 0.4) is 0 Å². The van der Waals surface area contributed by atoms with Crippen LogP contribution in [0.2, 0.25) is 0 Å². The average Bonchev–Trinajstić information content (AvgIpc) is 2.40. The Morgan fingerprint density at radius 1 is 1.11 bits per heavy atom. The molecule has 0 saturated carbocycles. The van der Waals surface area contributed by atoms with Crippen LogP contribution in [0.25, 0.3) is 6.08 Å². The Balaban J connectivity index is 1.87. The van der Waals surface area contributed by atoms with E-state index in [-0.39, 0.29) is 5.91 Å². The summed E-state index contributed by atoms with van der Waals surface area (Å²) in [6.45, 7) is 2.00. The van der Waals surface area contributed by atoms with E-state index in [1.54, 1.807) is 0 Å². The number of benzene rings is 2. The minimum absolute atomic E-state index is 0.00205. The van der Waals surface area contributed by atoms with Crippen molar-refractivity contribution >= 4 is 17.7 Å². The molecule has 0 aromatic heterocycles. The van der Waals surface area contributed by atoms with Crippen molar-refractivity contribution in [2.45, 2.75) is 13.3 Å². The maximum atomic E-state index is 11.8. The lowest BCUT2D eigenvalue weighted by molar-refractivity contribution is -0.115. The van der Waals surface area contributed by atoms with Crippen LogP contribution in [0.15, 0.2) is 60.7 Å². The normalized spacial score (nSPS) is 10.6. The summed E-state index contributed by atoms with van der Waals surface area (Å²) in [5.41, 5.74) is 3.08. The molecule has 1 N–H and O–H groups in total.